The number of ether oxygens (including phenoxy) is 2. The van der Waals surface area contributed by atoms with Gasteiger partial charge >= 0.3 is 29.8 Å². The number of hydrogen-bond acceptors (Lipinski definition) is 12. The summed E-state index contributed by atoms with van der Waals surface area (Å²) in [5, 5.41) is 56.6. The molecule has 0 atom stereocenters. The summed E-state index contributed by atoms with van der Waals surface area (Å²) in [7, 11) is 0. The maximum atomic E-state index is 10.9. The first-order valence-corrected chi connectivity index (χ1v) is 13.8. The van der Waals surface area contributed by atoms with Crippen LogP contribution in [0.15, 0.2) is 0 Å². The maximum Gasteiger partial charge on any atom is 0.336 e. The van der Waals surface area contributed by atoms with E-state index in [1.54, 1.807) is 0 Å². The molecule has 0 aliphatic carbocycles. The zero-order valence-electron chi connectivity index (χ0n) is 26.8. The number of aliphatic carboxylic acids is 3. The van der Waals surface area contributed by atoms with Gasteiger partial charge < -0.3 is 40.3 Å². The molecule has 43 heavy (non-hydrogen) atoms. The number of nitrogens with zero attached hydrogens (tertiary/aromatic N) is 2. The van der Waals surface area contributed by atoms with E-state index in [1.165, 1.54) is 24.0 Å². The molecule has 0 aromatic carbocycles. The maximum absolute atomic E-state index is 10.9. The fourth-order valence-electron chi connectivity index (χ4n) is 5.71. The third-order valence-corrected chi connectivity index (χ3v) is 7.15. The molecule has 0 spiro atoms. The molecule has 2 aliphatic rings. The second kappa shape index (κ2) is 14.8. The van der Waals surface area contributed by atoms with Gasteiger partial charge in [0.25, 0.3) is 0 Å². The second-order valence-corrected chi connectivity index (χ2v) is 13.6. The predicted molar refractivity (Wildman–Crippen MR) is 150 cm³/mol. The van der Waals surface area contributed by atoms with Crippen LogP contribution in [0, 0.1) is 0 Å². The Labute approximate surface area is 252 Å². The van der Waals surface area contributed by atoms with Crippen LogP contribution in [0.2, 0.25) is 0 Å². The number of carbonyl (C=O) groups is 5. The summed E-state index contributed by atoms with van der Waals surface area (Å²) in [6, 6.07) is 0. The van der Waals surface area contributed by atoms with Crippen LogP contribution in [0.3, 0.4) is 0 Å². The van der Waals surface area contributed by atoms with E-state index in [2.05, 4.69) is 0 Å². The summed E-state index contributed by atoms with van der Waals surface area (Å²) in [6.07, 6.45) is 0.146. The number of hydroxylamine groups is 4. The van der Waals surface area contributed by atoms with Gasteiger partial charge in [-0.1, -0.05) is 0 Å². The summed E-state index contributed by atoms with van der Waals surface area (Å²) in [5.74, 6) is -5.52. The van der Waals surface area contributed by atoms with Gasteiger partial charge in [0.2, 0.25) is 0 Å². The highest BCUT2D eigenvalue weighted by Gasteiger charge is 2.47. The second-order valence-electron chi connectivity index (χ2n) is 13.6. The van der Waals surface area contributed by atoms with Crippen LogP contribution >= 0.6 is 0 Å². The Morgan fingerprint density at radius 3 is 1.02 bits per heavy atom. The number of esters is 2. The number of rotatable bonds is 7. The average molecular weight is 623 g/mol. The van der Waals surface area contributed by atoms with Crippen molar-refractivity contribution in [2.45, 2.75) is 148 Å². The topological polar surface area (TPSA) is 232 Å². The van der Waals surface area contributed by atoms with Crippen molar-refractivity contribution in [3.63, 3.8) is 0 Å². The third-order valence-electron chi connectivity index (χ3n) is 7.15. The SMILES string of the molecule is CC(=O)OC1CC(C)(C)N(O)C(C)(C)C1.CC(=O)OC1CC(C)(C)N(O)C(C)(C)C1.O=C(O)CC(O)(CC(=O)O)C(=O)O. The van der Waals surface area contributed by atoms with Crippen molar-refractivity contribution in [3.05, 3.63) is 0 Å². The zero-order valence-corrected chi connectivity index (χ0v) is 26.8. The molecule has 0 saturated carbocycles. The summed E-state index contributed by atoms with van der Waals surface area (Å²) >= 11 is 0. The van der Waals surface area contributed by atoms with E-state index >= 15 is 0 Å². The van der Waals surface area contributed by atoms with E-state index in [-0.39, 0.29) is 46.3 Å². The molecule has 0 aromatic rings. The van der Waals surface area contributed by atoms with E-state index in [4.69, 9.17) is 29.9 Å². The fourth-order valence-corrected chi connectivity index (χ4v) is 5.71. The van der Waals surface area contributed by atoms with Gasteiger partial charge in [0.15, 0.2) is 5.60 Å². The highest BCUT2D eigenvalue weighted by atomic mass is 16.6. The Bertz CT molecular complexity index is 916. The van der Waals surface area contributed by atoms with Crippen LogP contribution in [-0.4, -0.2) is 111 Å². The minimum absolute atomic E-state index is 0.101. The van der Waals surface area contributed by atoms with E-state index in [9.17, 15) is 34.4 Å². The number of carbonyl (C=O) groups excluding carboxylic acids is 2. The first-order chi connectivity index (χ1) is 19.1. The standard InChI is InChI=1S/2C11H21NO3.C6H8O7/c2*1-8(13)15-9-6-10(2,3)12(14)11(4,5)7-9;7-3(8)1-6(13,5(11)12)2-4(9)10/h2*9,14H,6-7H2,1-5H3;13H,1-2H2,(H,7,8)(H,9,10)(H,11,12). The average Bonchev–Trinajstić information content (AvgIpc) is 2.73. The van der Waals surface area contributed by atoms with Gasteiger partial charge in [0.1, 0.15) is 12.2 Å². The lowest BCUT2D eigenvalue weighted by Gasteiger charge is -2.50. The molecule has 2 aliphatic heterocycles. The molecule has 2 heterocycles. The molecule has 0 bridgehead atoms. The number of carboxylic acids is 3. The minimum Gasteiger partial charge on any atom is -0.481 e. The van der Waals surface area contributed by atoms with Gasteiger partial charge in [0.05, 0.1) is 12.8 Å². The molecule has 6 N–H and O–H groups in total. The Morgan fingerprint density at radius 1 is 0.628 bits per heavy atom. The molecule has 2 saturated heterocycles. The summed E-state index contributed by atoms with van der Waals surface area (Å²) < 4.78 is 10.5. The molecule has 0 aromatic heterocycles. The normalized spacial score (nSPS) is 21.6. The number of piperidine rings is 2. The summed E-state index contributed by atoms with van der Waals surface area (Å²) in [4.78, 5) is 52.3. The molecule has 0 unspecified atom stereocenters. The van der Waals surface area contributed by atoms with Crippen LogP contribution in [0.25, 0.3) is 0 Å². The van der Waals surface area contributed by atoms with Crippen molar-refractivity contribution < 1.29 is 64.3 Å². The van der Waals surface area contributed by atoms with Crippen molar-refractivity contribution in [2.24, 2.45) is 0 Å². The monoisotopic (exact) mass is 622 g/mol. The van der Waals surface area contributed by atoms with Crippen LogP contribution in [0.5, 0.6) is 0 Å². The van der Waals surface area contributed by atoms with E-state index in [1.807, 2.05) is 55.4 Å². The highest BCUT2D eigenvalue weighted by molar-refractivity contribution is 5.88. The van der Waals surface area contributed by atoms with Gasteiger partial charge in [-0.05, 0) is 55.4 Å². The van der Waals surface area contributed by atoms with Crippen LogP contribution < -0.4 is 0 Å². The molecule has 2 fully saturated rings. The smallest absolute Gasteiger partial charge is 0.336 e. The Hall–Kier alpha value is -2.85. The fraction of sp³-hybridized carbons (Fsp3) is 0.821. The van der Waals surface area contributed by atoms with Crippen molar-refractivity contribution in [1.29, 1.82) is 0 Å². The van der Waals surface area contributed by atoms with Crippen LogP contribution in [-0.2, 0) is 33.4 Å². The summed E-state index contributed by atoms with van der Waals surface area (Å²) in [5.41, 5.74) is -4.18. The van der Waals surface area contributed by atoms with Gasteiger partial charge in [-0.2, -0.15) is 10.1 Å². The Balaban J connectivity index is 0.000000618. The lowest BCUT2D eigenvalue weighted by Crippen LogP contribution is -2.60. The molecule has 15 nitrogen and oxygen atoms in total. The predicted octanol–water partition coefficient (Wildman–Crippen LogP) is 2.67. The van der Waals surface area contributed by atoms with Crippen molar-refractivity contribution >= 4 is 29.8 Å². The van der Waals surface area contributed by atoms with Gasteiger partial charge in [-0.25, -0.2) is 4.79 Å². The van der Waals surface area contributed by atoms with E-state index in [0.29, 0.717) is 25.7 Å². The largest absolute Gasteiger partial charge is 0.481 e. The molecule has 15 heteroatoms. The first-order valence-electron chi connectivity index (χ1n) is 13.8. The minimum atomic E-state index is -2.74. The molecule has 2 rings (SSSR count). The van der Waals surface area contributed by atoms with Gasteiger partial charge in [-0.3, -0.25) is 19.2 Å². The summed E-state index contributed by atoms with van der Waals surface area (Å²) in [6.45, 7) is 18.4. The lowest BCUT2D eigenvalue weighted by atomic mass is 9.80. The first kappa shape index (κ1) is 40.1. The number of aliphatic hydroxyl groups is 1. The van der Waals surface area contributed by atoms with Crippen molar-refractivity contribution in [3.8, 4) is 0 Å². The molecule has 0 radical (unpaired) electrons. The molecular formula is C28H50N2O13. The number of carboxylic acid groups (broad SMARTS) is 3. The third kappa shape index (κ3) is 12.7. The molecule has 250 valence electrons. The van der Waals surface area contributed by atoms with E-state index < -0.39 is 36.4 Å². The van der Waals surface area contributed by atoms with Crippen LogP contribution in [0.4, 0.5) is 0 Å². The Morgan fingerprint density at radius 2 is 0.860 bits per heavy atom. The van der Waals surface area contributed by atoms with Crippen molar-refractivity contribution in [1.82, 2.24) is 10.1 Å². The Kier molecular flexibility index (Phi) is 13.8. The number of hydrogen-bond donors (Lipinski definition) is 6. The quantitative estimate of drug-likeness (QED) is 0.224. The van der Waals surface area contributed by atoms with Crippen LogP contribution in [0.1, 0.15) is 108 Å². The molecular weight excluding hydrogens is 572 g/mol. The van der Waals surface area contributed by atoms with E-state index in [0.717, 1.165) is 0 Å². The van der Waals surface area contributed by atoms with Crippen molar-refractivity contribution in [2.75, 3.05) is 0 Å². The van der Waals surface area contributed by atoms with Gasteiger partial charge in [0, 0.05) is 61.7 Å². The zero-order chi connectivity index (χ0) is 34.4. The molecule has 0 amide bonds. The lowest BCUT2D eigenvalue weighted by molar-refractivity contribution is -0.259. The highest BCUT2D eigenvalue weighted by Crippen LogP contribution is 2.39. The van der Waals surface area contributed by atoms with Gasteiger partial charge in [-0.15, -0.1) is 0 Å².